The van der Waals surface area contributed by atoms with Crippen molar-refractivity contribution in [3.05, 3.63) is 36.0 Å². The summed E-state index contributed by atoms with van der Waals surface area (Å²) >= 11 is 0. The van der Waals surface area contributed by atoms with Gasteiger partial charge in [-0.15, -0.1) is 0 Å². The number of hydrogen-bond donors (Lipinski definition) is 1. The van der Waals surface area contributed by atoms with E-state index in [0.29, 0.717) is 17.9 Å². The van der Waals surface area contributed by atoms with Crippen molar-refractivity contribution in [1.29, 1.82) is 0 Å². The van der Waals surface area contributed by atoms with Crippen LogP contribution >= 0.6 is 0 Å². The van der Waals surface area contributed by atoms with Crippen molar-refractivity contribution in [2.24, 2.45) is 11.7 Å². The highest BCUT2D eigenvalue weighted by molar-refractivity contribution is 5.84. The number of aryl methyl sites for hydroxylation is 1. The van der Waals surface area contributed by atoms with Crippen molar-refractivity contribution >= 4 is 10.9 Å². The summed E-state index contributed by atoms with van der Waals surface area (Å²) in [5.41, 5.74) is 9.14. The molecule has 132 valence electrons. The van der Waals surface area contributed by atoms with Crippen LogP contribution in [0.15, 0.2) is 30.5 Å². The Kier molecular flexibility index (Phi) is 5.62. The smallest absolute Gasteiger partial charge is 0.0483 e. The number of para-hydroxylation sites is 1. The number of piperidine rings is 1. The van der Waals surface area contributed by atoms with Crippen molar-refractivity contribution < 1.29 is 0 Å². The van der Waals surface area contributed by atoms with Crippen molar-refractivity contribution in [2.75, 3.05) is 19.6 Å². The van der Waals surface area contributed by atoms with Gasteiger partial charge in [-0.2, -0.15) is 0 Å². The fraction of sp³-hybridized carbons (Fsp3) is 0.619. The highest BCUT2D eigenvalue weighted by atomic mass is 15.2. The Hall–Kier alpha value is -1.32. The zero-order valence-electron chi connectivity index (χ0n) is 15.5. The minimum atomic E-state index is 0.432. The van der Waals surface area contributed by atoms with E-state index in [4.69, 9.17) is 5.73 Å². The van der Waals surface area contributed by atoms with Crippen LogP contribution in [0.1, 0.15) is 51.5 Å². The molecule has 2 heterocycles. The molecule has 1 aliphatic heterocycles. The Morgan fingerprint density at radius 2 is 2.00 bits per heavy atom. The van der Waals surface area contributed by atoms with Gasteiger partial charge in [0.25, 0.3) is 0 Å². The van der Waals surface area contributed by atoms with E-state index in [9.17, 15) is 0 Å². The average molecular weight is 328 g/mol. The molecule has 1 fully saturated rings. The van der Waals surface area contributed by atoms with Crippen molar-refractivity contribution in [3.63, 3.8) is 0 Å². The van der Waals surface area contributed by atoms with Gasteiger partial charge in [0, 0.05) is 48.7 Å². The van der Waals surface area contributed by atoms with Gasteiger partial charge in [0.1, 0.15) is 0 Å². The molecule has 2 unspecified atom stereocenters. The van der Waals surface area contributed by atoms with E-state index in [0.717, 1.165) is 13.1 Å². The van der Waals surface area contributed by atoms with Gasteiger partial charge in [-0.25, -0.2) is 0 Å². The van der Waals surface area contributed by atoms with Crippen LogP contribution in [-0.2, 0) is 6.54 Å². The molecule has 2 aromatic rings. The molecule has 2 atom stereocenters. The molecule has 0 aliphatic carbocycles. The Labute approximate surface area is 146 Å². The van der Waals surface area contributed by atoms with Crippen LogP contribution in [0.2, 0.25) is 0 Å². The van der Waals surface area contributed by atoms with Gasteiger partial charge in [-0.3, -0.25) is 4.90 Å². The molecule has 0 saturated carbocycles. The van der Waals surface area contributed by atoms with Crippen molar-refractivity contribution in [3.8, 4) is 0 Å². The second kappa shape index (κ2) is 7.71. The maximum Gasteiger partial charge on any atom is 0.0483 e. The summed E-state index contributed by atoms with van der Waals surface area (Å²) < 4.78 is 2.38. The fourth-order valence-electron chi connectivity index (χ4n) is 4.49. The third-order valence-electron chi connectivity index (χ3n) is 5.54. The third-order valence-corrected chi connectivity index (χ3v) is 5.54. The summed E-state index contributed by atoms with van der Waals surface area (Å²) in [6.07, 6.45) is 6.31. The Bertz CT molecular complexity index is 658. The lowest BCUT2D eigenvalue weighted by Gasteiger charge is -2.41. The number of nitrogens with two attached hydrogens (primary N) is 1. The summed E-state index contributed by atoms with van der Waals surface area (Å²) in [5.74, 6) is 1.14. The summed E-state index contributed by atoms with van der Waals surface area (Å²) in [6, 6.07) is 9.40. The number of nitrogens with zero attached hydrogens (tertiary/aromatic N) is 2. The van der Waals surface area contributed by atoms with Crippen LogP contribution in [0.4, 0.5) is 0 Å². The van der Waals surface area contributed by atoms with Crippen molar-refractivity contribution in [2.45, 2.75) is 58.5 Å². The molecule has 1 aromatic heterocycles. The van der Waals surface area contributed by atoms with E-state index in [1.54, 1.807) is 0 Å². The van der Waals surface area contributed by atoms with E-state index in [1.165, 1.54) is 48.8 Å². The average Bonchev–Trinajstić information content (AvgIpc) is 2.95. The zero-order chi connectivity index (χ0) is 17.1. The molecule has 0 bridgehead atoms. The Morgan fingerprint density at radius 3 is 2.71 bits per heavy atom. The normalized spacial score (nSPS) is 20.8. The minimum Gasteiger partial charge on any atom is -0.347 e. The van der Waals surface area contributed by atoms with Gasteiger partial charge in [-0.05, 0) is 43.9 Å². The van der Waals surface area contributed by atoms with Gasteiger partial charge >= 0.3 is 0 Å². The van der Waals surface area contributed by atoms with E-state index < -0.39 is 0 Å². The first kappa shape index (κ1) is 17.5. The lowest BCUT2D eigenvalue weighted by atomic mass is 9.84. The molecule has 0 amide bonds. The molecular formula is C21H33N3. The molecule has 0 radical (unpaired) electrons. The SMILES string of the molecule is CCn1cc(C(CN)C2CCCCN2CC(C)C)c2ccccc21. The monoisotopic (exact) mass is 327 g/mol. The Balaban J connectivity index is 1.98. The molecule has 3 rings (SSSR count). The second-order valence-corrected chi connectivity index (χ2v) is 7.68. The predicted octanol–water partition coefficient (Wildman–Crippen LogP) is 4.21. The largest absolute Gasteiger partial charge is 0.347 e. The van der Waals surface area contributed by atoms with Crippen LogP contribution in [0.25, 0.3) is 10.9 Å². The van der Waals surface area contributed by atoms with Gasteiger partial charge in [0.15, 0.2) is 0 Å². The number of aromatic nitrogens is 1. The summed E-state index contributed by atoms with van der Waals surface area (Å²) in [4.78, 5) is 2.71. The molecule has 3 heteroatoms. The van der Waals surface area contributed by atoms with E-state index in [-0.39, 0.29) is 0 Å². The third kappa shape index (κ3) is 3.38. The number of hydrogen-bond acceptors (Lipinski definition) is 2. The quantitative estimate of drug-likeness (QED) is 0.862. The summed E-state index contributed by atoms with van der Waals surface area (Å²) in [6.45, 7) is 11.0. The first-order valence-corrected chi connectivity index (χ1v) is 9.67. The van der Waals surface area contributed by atoms with Crippen LogP contribution in [0.3, 0.4) is 0 Å². The van der Waals surface area contributed by atoms with Gasteiger partial charge < -0.3 is 10.3 Å². The highest BCUT2D eigenvalue weighted by Crippen LogP contribution is 2.35. The number of benzene rings is 1. The lowest BCUT2D eigenvalue weighted by Crippen LogP contribution is -2.46. The van der Waals surface area contributed by atoms with E-state index in [1.807, 2.05) is 0 Å². The molecule has 1 saturated heterocycles. The van der Waals surface area contributed by atoms with Crippen LogP contribution in [0, 0.1) is 5.92 Å². The molecule has 1 aliphatic rings. The predicted molar refractivity (Wildman–Crippen MR) is 103 cm³/mol. The first-order chi connectivity index (χ1) is 11.7. The van der Waals surface area contributed by atoms with Gasteiger partial charge in [0.2, 0.25) is 0 Å². The first-order valence-electron chi connectivity index (χ1n) is 9.67. The topological polar surface area (TPSA) is 34.2 Å². The molecule has 24 heavy (non-hydrogen) atoms. The van der Waals surface area contributed by atoms with E-state index >= 15 is 0 Å². The highest BCUT2D eigenvalue weighted by Gasteiger charge is 2.32. The molecule has 3 nitrogen and oxygen atoms in total. The van der Waals surface area contributed by atoms with Gasteiger partial charge in [-0.1, -0.05) is 38.5 Å². The molecule has 1 aromatic carbocycles. The van der Waals surface area contributed by atoms with Crippen LogP contribution < -0.4 is 5.73 Å². The molecule has 0 spiro atoms. The van der Waals surface area contributed by atoms with Crippen LogP contribution in [0.5, 0.6) is 0 Å². The maximum atomic E-state index is 6.33. The fourth-order valence-corrected chi connectivity index (χ4v) is 4.49. The van der Waals surface area contributed by atoms with Crippen LogP contribution in [-0.4, -0.2) is 35.1 Å². The number of fused-ring (bicyclic) bond motifs is 1. The summed E-state index contributed by atoms with van der Waals surface area (Å²) in [7, 11) is 0. The van der Waals surface area contributed by atoms with Gasteiger partial charge in [0.05, 0.1) is 0 Å². The van der Waals surface area contributed by atoms with Crippen molar-refractivity contribution in [1.82, 2.24) is 9.47 Å². The molecular weight excluding hydrogens is 294 g/mol. The Morgan fingerprint density at radius 1 is 1.21 bits per heavy atom. The minimum absolute atomic E-state index is 0.432. The summed E-state index contributed by atoms with van der Waals surface area (Å²) in [5, 5.41) is 1.39. The lowest BCUT2D eigenvalue weighted by molar-refractivity contribution is 0.113. The maximum absolute atomic E-state index is 6.33. The number of rotatable bonds is 6. The number of likely N-dealkylation sites (tertiary alicyclic amines) is 1. The molecule has 2 N–H and O–H groups in total. The van der Waals surface area contributed by atoms with E-state index in [2.05, 4.69) is 60.7 Å². The zero-order valence-corrected chi connectivity index (χ0v) is 15.5. The second-order valence-electron chi connectivity index (χ2n) is 7.68. The standard InChI is InChI=1S/C21H33N3/c1-4-23-15-19(17-9-5-6-10-20(17)23)18(13-22)21-11-7-8-12-24(21)14-16(2)3/h5-6,9-10,15-16,18,21H,4,7-8,11-14,22H2,1-3H3.